The summed E-state index contributed by atoms with van der Waals surface area (Å²) in [7, 11) is 3.82. The topological polar surface area (TPSA) is 88.5 Å². The number of hydrogen-bond acceptors (Lipinski definition) is 7. The van der Waals surface area contributed by atoms with Crippen molar-refractivity contribution in [1.82, 2.24) is 9.80 Å². The predicted molar refractivity (Wildman–Crippen MR) is 156 cm³/mol. The van der Waals surface area contributed by atoms with Crippen LogP contribution in [0.15, 0.2) is 72.3 Å². The van der Waals surface area contributed by atoms with Crippen LogP contribution in [0.25, 0.3) is 5.76 Å². The third kappa shape index (κ3) is 5.93. The molecule has 1 saturated heterocycles. The van der Waals surface area contributed by atoms with E-state index in [1.807, 2.05) is 75.3 Å². The number of ketones is 1. The van der Waals surface area contributed by atoms with Crippen LogP contribution in [-0.2, 0) is 22.6 Å². The number of carbonyl (C=O) groups excluding carboxylic acids is 2. The monoisotopic (exact) mass is 556 g/mol. The third-order valence-corrected chi connectivity index (χ3v) is 7.32. The summed E-state index contributed by atoms with van der Waals surface area (Å²) in [6.07, 6.45) is 0.748. The van der Waals surface area contributed by atoms with Gasteiger partial charge in [-0.1, -0.05) is 36.4 Å². The lowest BCUT2D eigenvalue weighted by Gasteiger charge is -2.27. The maximum atomic E-state index is 13.5. The van der Waals surface area contributed by atoms with Gasteiger partial charge in [0.15, 0.2) is 11.5 Å². The Kier molecular flexibility index (Phi) is 8.31. The number of fused-ring (bicyclic) bond motifs is 1. The molecule has 8 heteroatoms. The summed E-state index contributed by atoms with van der Waals surface area (Å²) in [5, 5.41) is 11.5. The van der Waals surface area contributed by atoms with E-state index in [2.05, 4.69) is 0 Å². The quantitative estimate of drug-likeness (QED) is 0.214. The Morgan fingerprint density at radius 1 is 1.02 bits per heavy atom. The van der Waals surface area contributed by atoms with E-state index in [4.69, 9.17) is 14.2 Å². The minimum absolute atomic E-state index is 0.0404. The lowest BCUT2D eigenvalue weighted by Crippen LogP contribution is -2.35. The molecular formula is C33H36N2O6. The Balaban J connectivity index is 1.56. The zero-order valence-corrected chi connectivity index (χ0v) is 23.9. The van der Waals surface area contributed by atoms with Gasteiger partial charge in [0.2, 0.25) is 0 Å². The van der Waals surface area contributed by atoms with Gasteiger partial charge >= 0.3 is 0 Å². The minimum atomic E-state index is -0.791. The molecule has 2 aliphatic rings. The Morgan fingerprint density at radius 2 is 1.80 bits per heavy atom. The van der Waals surface area contributed by atoms with Crippen molar-refractivity contribution in [3.63, 3.8) is 0 Å². The van der Waals surface area contributed by atoms with Gasteiger partial charge in [0.25, 0.3) is 11.7 Å². The summed E-state index contributed by atoms with van der Waals surface area (Å²) >= 11 is 0. The average Bonchev–Trinajstić information content (AvgIpc) is 3.46. The molecule has 1 amide bonds. The molecule has 2 heterocycles. The highest BCUT2D eigenvalue weighted by atomic mass is 16.5. The average molecular weight is 557 g/mol. The molecule has 1 fully saturated rings. The highest BCUT2D eigenvalue weighted by Gasteiger charge is 2.46. The van der Waals surface area contributed by atoms with Crippen molar-refractivity contribution in [3.05, 3.63) is 94.6 Å². The van der Waals surface area contributed by atoms with E-state index >= 15 is 0 Å². The summed E-state index contributed by atoms with van der Waals surface area (Å²) in [5.41, 5.74) is 3.16. The molecular weight excluding hydrogens is 520 g/mol. The molecule has 0 spiro atoms. The van der Waals surface area contributed by atoms with Crippen molar-refractivity contribution >= 4 is 17.4 Å². The molecule has 2 atom stereocenters. The van der Waals surface area contributed by atoms with Crippen LogP contribution in [0.5, 0.6) is 17.2 Å². The van der Waals surface area contributed by atoms with Crippen molar-refractivity contribution in [3.8, 4) is 17.2 Å². The van der Waals surface area contributed by atoms with E-state index in [1.165, 1.54) is 4.90 Å². The Hall–Kier alpha value is -4.30. The first-order valence-corrected chi connectivity index (χ1v) is 13.9. The first-order chi connectivity index (χ1) is 19.8. The fourth-order valence-corrected chi connectivity index (χ4v) is 5.31. The van der Waals surface area contributed by atoms with Gasteiger partial charge in [-0.2, -0.15) is 0 Å². The zero-order chi connectivity index (χ0) is 29.1. The largest absolute Gasteiger partial charge is 0.507 e. The summed E-state index contributed by atoms with van der Waals surface area (Å²) in [5.74, 6) is 0.271. The summed E-state index contributed by atoms with van der Waals surface area (Å²) < 4.78 is 17.8. The van der Waals surface area contributed by atoms with Gasteiger partial charge in [-0.25, -0.2) is 0 Å². The van der Waals surface area contributed by atoms with Gasteiger partial charge < -0.3 is 29.1 Å². The highest BCUT2D eigenvalue weighted by molar-refractivity contribution is 6.46. The van der Waals surface area contributed by atoms with Gasteiger partial charge in [-0.05, 0) is 75.0 Å². The van der Waals surface area contributed by atoms with E-state index < -0.39 is 17.7 Å². The number of aliphatic hydroxyl groups is 1. The van der Waals surface area contributed by atoms with Crippen LogP contribution in [0.4, 0.5) is 0 Å². The van der Waals surface area contributed by atoms with Gasteiger partial charge in [0.05, 0.1) is 18.2 Å². The van der Waals surface area contributed by atoms with Gasteiger partial charge in [-0.3, -0.25) is 9.59 Å². The van der Waals surface area contributed by atoms with Crippen LogP contribution in [-0.4, -0.2) is 66.5 Å². The number of aliphatic hydroxyl groups excluding tert-OH is 1. The SMILES string of the molecule is CCOc1cc(C2/C(=C(/O)c3ccc4c(c3)CC(C)O4)C(=O)C(=O)N2CCN(C)C)ccc1OCc1ccccc1. The lowest BCUT2D eigenvalue weighted by molar-refractivity contribution is -0.140. The molecule has 5 rings (SSSR count). The predicted octanol–water partition coefficient (Wildman–Crippen LogP) is 4.97. The molecule has 3 aromatic rings. The molecule has 3 aromatic carbocycles. The third-order valence-electron chi connectivity index (χ3n) is 7.32. The van der Waals surface area contributed by atoms with Gasteiger partial charge in [-0.15, -0.1) is 0 Å². The van der Waals surface area contributed by atoms with Crippen molar-refractivity contribution in [1.29, 1.82) is 0 Å². The second-order valence-electron chi connectivity index (χ2n) is 10.7. The first-order valence-electron chi connectivity index (χ1n) is 13.9. The summed E-state index contributed by atoms with van der Waals surface area (Å²) in [4.78, 5) is 30.3. The number of carbonyl (C=O) groups is 2. The van der Waals surface area contributed by atoms with Crippen LogP contribution in [0.3, 0.4) is 0 Å². The molecule has 0 aliphatic carbocycles. The lowest BCUT2D eigenvalue weighted by atomic mass is 9.94. The van der Waals surface area contributed by atoms with E-state index in [9.17, 15) is 14.7 Å². The molecule has 214 valence electrons. The molecule has 0 bridgehead atoms. The van der Waals surface area contributed by atoms with E-state index in [0.717, 1.165) is 16.9 Å². The first kappa shape index (κ1) is 28.2. The Bertz CT molecular complexity index is 1470. The number of benzene rings is 3. The van der Waals surface area contributed by atoms with Gasteiger partial charge in [0, 0.05) is 25.1 Å². The maximum absolute atomic E-state index is 13.5. The number of ether oxygens (including phenoxy) is 3. The number of hydrogen-bond donors (Lipinski definition) is 1. The number of Topliss-reactive ketones (excluding diaryl/α,β-unsaturated/α-hetero) is 1. The Labute approximate surface area is 240 Å². The second-order valence-corrected chi connectivity index (χ2v) is 10.7. The van der Waals surface area contributed by atoms with E-state index in [0.29, 0.717) is 55.4 Å². The Morgan fingerprint density at radius 3 is 2.54 bits per heavy atom. The molecule has 0 aromatic heterocycles. The fourth-order valence-electron chi connectivity index (χ4n) is 5.31. The van der Waals surface area contributed by atoms with E-state index in [-0.39, 0.29) is 17.4 Å². The molecule has 0 radical (unpaired) electrons. The summed E-state index contributed by atoms with van der Waals surface area (Å²) in [6.45, 7) is 5.50. The number of rotatable bonds is 10. The number of likely N-dealkylation sites (tertiary alicyclic amines) is 1. The van der Waals surface area contributed by atoms with Gasteiger partial charge in [0.1, 0.15) is 24.2 Å². The van der Waals surface area contributed by atoms with E-state index in [1.54, 1.807) is 24.3 Å². The number of likely N-dealkylation sites (N-methyl/N-ethyl adjacent to an activating group) is 1. The fraction of sp³-hybridized carbons (Fsp3) is 0.333. The molecule has 41 heavy (non-hydrogen) atoms. The number of amides is 1. The van der Waals surface area contributed by atoms with Crippen LogP contribution >= 0.6 is 0 Å². The van der Waals surface area contributed by atoms with Crippen LogP contribution in [0.1, 0.15) is 42.1 Å². The number of nitrogens with zero attached hydrogens (tertiary/aromatic N) is 2. The standard InChI is InChI=1S/C33H36N2O6/c1-5-39-28-19-23(11-14-27(28)40-20-22-9-7-6-8-10-22)30-29(32(37)33(38)35(30)16-15-34(3)4)31(36)24-12-13-26-25(18-24)17-21(2)41-26/h6-14,18-19,21,30,36H,5,15-17,20H2,1-4H3/b31-29-. The minimum Gasteiger partial charge on any atom is -0.507 e. The highest BCUT2D eigenvalue weighted by Crippen LogP contribution is 2.43. The molecule has 1 N–H and O–H groups in total. The second kappa shape index (κ2) is 12.1. The van der Waals surface area contributed by atoms with Crippen LogP contribution in [0.2, 0.25) is 0 Å². The van der Waals surface area contributed by atoms with Crippen molar-refractivity contribution in [2.45, 2.75) is 39.0 Å². The molecule has 8 nitrogen and oxygen atoms in total. The maximum Gasteiger partial charge on any atom is 0.295 e. The van der Waals surface area contributed by atoms with Crippen molar-refractivity contribution in [2.75, 3.05) is 33.8 Å². The smallest absolute Gasteiger partial charge is 0.295 e. The van der Waals surface area contributed by atoms with Crippen molar-refractivity contribution < 1.29 is 28.9 Å². The molecule has 2 aliphatic heterocycles. The van der Waals surface area contributed by atoms with Crippen molar-refractivity contribution in [2.24, 2.45) is 0 Å². The molecule has 0 saturated carbocycles. The normalized spacial score (nSPS) is 19.4. The van der Waals surface area contributed by atoms with Crippen LogP contribution < -0.4 is 14.2 Å². The molecule has 2 unspecified atom stereocenters. The van der Waals surface area contributed by atoms with Crippen LogP contribution in [0, 0.1) is 0 Å². The zero-order valence-electron chi connectivity index (χ0n) is 23.9. The summed E-state index contributed by atoms with van der Waals surface area (Å²) in [6, 6.07) is 19.8.